The van der Waals surface area contributed by atoms with Gasteiger partial charge in [-0.3, -0.25) is 4.79 Å². The second-order valence-electron chi connectivity index (χ2n) is 3.97. The van der Waals surface area contributed by atoms with Crippen molar-refractivity contribution in [1.82, 2.24) is 5.32 Å². The first-order valence-electron chi connectivity index (χ1n) is 5.65. The van der Waals surface area contributed by atoms with Crippen LogP contribution in [0, 0.1) is 6.92 Å². The molecule has 1 aromatic carbocycles. The molecular weight excluding hydrogens is 298 g/mol. The summed E-state index contributed by atoms with van der Waals surface area (Å²) in [5.74, 6) is 0.951. The van der Waals surface area contributed by atoms with E-state index in [1.165, 1.54) is 0 Å². The van der Waals surface area contributed by atoms with Crippen molar-refractivity contribution >= 4 is 33.6 Å². The smallest absolute Gasteiger partial charge is 0.252 e. The fraction of sp³-hybridized carbons (Fsp3) is 0.462. The minimum absolute atomic E-state index is 0.00137. The van der Waals surface area contributed by atoms with Crippen LogP contribution in [0.25, 0.3) is 0 Å². The Morgan fingerprint density at radius 3 is 2.82 bits per heavy atom. The van der Waals surface area contributed by atoms with Crippen LogP contribution < -0.4 is 5.32 Å². The molecule has 0 fully saturated rings. The van der Waals surface area contributed by atoms with Gasteiger partial charge in [-0.2, -0.15) is 11.8 Å². The number of rotatable bonds is 5. The number of benzene rings is 1. The van der Waals surface area contributed by atoms with Gasteiger partial charge in [0.15, 0.2) is 0 Å². The van der Waals surface area contributed by atoms with Crippen molar-refractivity contribution in [1.29, 1.82) is 0 Å². The first-order valence-corrected chi connectivity index (χ1v) is 7.83. The third-order valence-corrected chi connectivity index (χ3v) is 4.42. The third-order valence-electron chi connectivity index (χ3n) is 2.63. The quantitative estimate of drug-likeness (QED) is 0.899. The Labute approximate surface area is 116 Å². The molecule has 0 bridgehead atoms. The molecule has 0 aliphatic carbocycles. The topological polar surface area (TPSA) is 29.1 Å². The van der Waals surface area contributed by atoms with Gasteiger partial charge >= 0.3 is 0 Å². The van der Waals surface area contributed by atoms with E-state index in [4.69, 9.17) is 0 Å². The zero-order valence-corrected chi connectivity index (χ0v) is 12.8. The predicted octanol–water partition coefficient (Wildman–Crippen LogP) is 3.63. The Hall–Kier alpha value is -0.480. The number of nitrogens with one attached hydrogen (secondary N) is 1. The molecule has 0 aliphatic rings. The van der Waals surface area contributed by atoms with E-state index in [9.17, 15) is 4.79 Å². The third kappa shape index (κ3) is 4.03. The van der Waals surface area contributed by atoms with Crippen LogP contribution in [0.1, 0.15) is 29.3 Å². The van der Waals surface area contributed by atoms with Crippen LogP contribution in [0.15, 0.2) is 22.7 Å². The predicted molar refractivity (Wildman–Crippen MR) is 78.8 cm³/mol. The summed E-state index contributed by atoms with van der Waals surface area (Å²) in [6, 6.07) is 5.98. The second kappa shape index (κ2) is 7.07. The minimum Gasteiger partial charge on any atom is -0.348 e. The van der Waals surface area contributed by atoms with Crippen molar-refractivity contribution in [3.8, 4) is 0 Å². The first-order chi connectivity index (χ1) is 8.10. The molecular formula is C13H18BrNOS. The van der Waals surface area contributed by atoms with E-state index in [0.717, 1.165) is 22.2 Å². The molecule has 0 saturated carbocycles. The highest BCUT2D eigenvalue weighted by molar-refractivity contribution is 9.10. The van der Waals surface area contributed by atoms with Crippen molar-refractivity contribution in [3.63, 3.8) is 0 Å². The van der Waals surface area contributed by atoms with Gasteiger partial charge in [-0.15, -0.1) is 0 Å². The molecule has 0 spiro atoms. The lowest BCUT2D eigenvalue weighted by Gasteiger charge is -2.16. The van der Waals surface area contributed by atoms with Gasteiger partial charge in [0.25, 0.3) is 5.91 Å². The standard InChI is InChI=1S/C13H18BrNOS/c1-4-10(8-17-3)15-13(16)11-7-5-6-9(2)12(11)14/h5-7,10H,4,8H2,1-3H3,(H,15,16). The maximum Gasteiger partial charge on any atom is 0.252 e. The number of thioether (sulfide) groups is 1. The largest absolute Gasteiger partial charge is 0.348 e. The summed E-state index contributed by atoms with van der Waals surface area (Å²) in [6.07, 6.45) is 3.01. The summed E-state index contributed by atoms with van der Waals surface area (Å²) >= 11 is 5.22. The maximum atomic E-state index is 12.1. The zero-order chi connectivity index (χ0) is 12.8. The number of carbonyl (C=O) groups is 1. The molecule has 1 aromatic rings. The SMILES string of the molecule is CCC(CSC)NC(=O)c1cccc(C)c1Br. The van der Waals surface area contributed by atoms with Crippen molar-refractivity contribution in [2.45, 2.75) is 26.3 Å². The van der Waals surface area contributed by atoms with Crippen molar-refractivity contribution < 1.29 is 4.79 Å². The summed E-state index contributed by atoms with van der Waals surface area (Å²) in [5.41, 5.74) is 1.79. The number of halogens is 1. The molecule has 0 heterocycles. The highest BCUT2D eigenvalue weighted by Crippen LogP contribution is 2.21. The van der Waals surface area contributed by atoms with E-state index in [2.05, 4.69) is 34.4 Å². The fourth-order valence-corrected chi connectivity index (χ4v) is 2.71. The van der Waals surface area contributed by atoms with Crippen molar-refractivity contribution in [3.05, 3.63) is 33.8 Å². The molecule has 1 N–H and O–H groups in total. The van der Waals surface area contributed by atoms with E-state index < -0.39 is 0 Å². The molecule has 0 aromatic heterocycles. The molecule has 1 rings (SSSR count). The monoisotopic (exact) mass is 315 g/mol. The Morgan fingerprint density at radius 2 is 2.24 bits per heavy atom. The lowest BCUT2D eigenvalue weighted by Crippen LogP contribution is -2.36. The maximum absolute atomic E-state index is 12.1. The van der Waals surface area contributed by atoms with Crippen LogP contribution in [-0.4, -0.2) is 24.0 Å². The molecule has 4 heteroatoms. The van der Waals surface area contributed by atoms with Gasteiger partial charge in [0.05, 0.1) is 5.56 Å². The second-order valence-corrected chi connectivity index (χ2v) is 5.67. The van der Waals surface area contributed by atoms with Crippen LogP contribution in [-0.2, 0) is 0 Å². The summed E-state index contributed by atoms with van der Waals surface area (Å²) in [5, 5.41) is 3.06. The van der Waals surface area contributed by atoms with Gasteiger partial charge in [-0.25, -0.2) is 0 Å². The number of carbonyl (C=O) groups excluding carboxylic acids is 1. The van der Waals surface area contributed by atoms with Gasteiger partial charge < -0.3 is 5.32 Å². The lowest BCUT2D eigenvalue weighted by atomic mass is 10.1. The van der Waals surface area contributed by atoms with E-state index >= 15 is 0 Å². The molecule has 0 saturated heterocycles. The summed E-state index contributed by atoms with van der Waals surface area (Å²) in [7, 11) is 0. The molecule has 1 amide bonds. The normalized spacial score (nSPS) is 12.2. The minimum atomic E-state index is 0.00137. The molecule has 1 unspecified atom stereocenters. The average molecular weight is 316 g/mol. The van der Waals surface area contributed by atoms with Gasteiger partial charge in [0.1, 0.15) is 0 Å². The Kier molecular flexibility index (Phi) is 6.06. The van der Waals surface area contributed by atoms with E-state index in [-0.39, 0.29) is 11.9 Å². The molecule has 0 aliphatic heterocycles. The summed E-state index contributed by atoms with van der Waals surface area (Å²) in [4.78, 5) is 12.1. The van der Waals surface area contributed by atoms with Gasteiger partial charge in [-0.1, -0.05) is 19.1 Å². The van der Waals surface area contributed by atoms with Crippen LogP contribution in [0.5, 0.6) is 0 Å². The fourth-order valence-electron chi connectivity index (χ4n) is 1.55. The molecule has 17 heavy (non-hydrogen) atoms. The van der Waals surface area contributed by atoms with E-state index in [1.807, 2.05) is 25.1 Å². The summed E-state index contributed by atoms with van der Waals surface area (Å²) in [6.45, 7) is 4.08. The number of amides is 1. The van der Waals surface area contributed by atoms with Crippen LogP contribution in [0.4, 0.5) is 0 Å². The van der Waals surface area contributed by atoms with Crippen molar-refractivity contribution in [2.24, 2.45) is 0 Å². The van der Waals surface area contributed by atoms with Crippen molar-refractivity contribution in [2.75, 3.05) is 12.0 Å². The Bertz CT molecular complexity index is 395. The van der Waals surface area contributed by atoms with Gasteiger partial charge in [0, 0.05) is 16.3 Å². The molecule has 94 valence electrons. The summed E-state index contributed by atoms with van der Waals surface area (Å²) < 4.78 is 0.886. The van der Waals surface area contributed by atoms with Gasteiger partial charge in [0.2, 0.25) is 0 Å². The highest BCUT2D eigenvalue weighted by atomic mass is 79.9. The average Bonchev–Trinajstić information content (AvgIpc) is 2.31. The molecule has 2 nitrogen and oxygen atoms in total. The van der Waals surface area contributed by atoms with E-state index in [1.54, 1.807) is 11.8 Å². The van der Waals surface area contributed by atoms with Crippen LogP contribution >= 0.6 is 27.7 Å². The first kappa shape index (κ1) is 14.6. The van der Waals surface area contributed by atoms with E-state index in [0.29, 0.717) is 5.56 Å². The molecule has 1 atom stereocenters. The molecule has 0 radical (unpaired) electrons. The Balaban J connectivity index is 2.79. The van der Waals surface area contributed by atoms with Crippen LogP contribution in [0.3, 0.4) is 0 Å². The lowest BCUT2D eigenvalue weighted by molar-refractivity contribution is 0.0939. The van der Waals surface area contributed by atoms with Crippen LogP contribution in [0.2, 0.25) is 0 Å². The zero-order valence-electron chi connectivity index (χ0n) is 10.4. The number of hydrogen-bond acceptors (Lipinski definition) is 2. The number of hydrogen-bond donors (Lipinski definition) is 1. The van der Waals surface area contributed by atoms with Gasteiger partial charge in [-0.05, 0) is 47.2 Å². The number of aryl methyl sites for hydroxylation is 1. The Morgan fingerprint density at radius 1 is 1.53 bits per heavy atom. The highest BCUT2D eigenvalue weighted by Gasteiger charge is 2.14.